The Morgan fingerprint density at radius 2 is 1.72 bits per heavy atom. The molecule has 1 saturated heterocycles. The number of alkyl halides is 3. The first-order valence-electron chi connectivity index (χ1n) is 9.39. The SMILES string of the molecule is CC1C(C)[C@H](C(=O)NC2CCN(c3ccc(C(F)(F)F)cn3)CC2)[C@@H]1C(=O)[O-].[Na+]. The Morgan fingerprint density at radius 3 is 2.21 bits per heavy atom. The minimum atomic E-state index is -4.41. The summed E-state index contributed by atoms with van der Waals surface area (Å²) in [6, 6.07) is 2.27. The molecule has 1 saturated carbocycles. The molecule has 3 rings (SSSR count). The summed E-state index contributed by atoms with van der Waals surface area (Å²) in [6.07, 6.45) is -2.37. The second kappa shape index (κ2) is 9.22. The average molecular weight is 421 g/mol. The van der Waals surface area contributed by atoms with Gasteiger partial charge in [0.25, 0.3) is 0 Å². The van der Waals surface area contributed by atoms with Crippen molar-refractivity contribution in [2.24, 2.45) is 23.7 Å². The fraction of sp³-hybridized carbons (Fsp3) is 0.632. The van der Waals surface area contributed by atoms with Crippen LogP contribution in [-0.2, 0) is 15.8 Å². The van der Waals surface area contributed by atoms with Gasteiger partial charge >= 0.3 is 35.7 Å². The van der Waals surface area contributed by atoms with E-state index in [-0.39, 0.29) is 53.3 Å². The van der Waals surface area contributed by atoms with E-state index in [1.165, 1.54) is 6.07 Å². The fourth-order valence-corrected chi connectivity index (χ4v) is 4.22. The maximum atomic E-state index is 12.6. The van der Waals surface area contributed by atoms with E-state index in [9.17, 15) is 27.9 Å². The number of nitrogens with one attached hydrogen (secondary N) is 1. The van der Waals surface area contributed by atoms with Crippen molar-refractivity contribution in [3.8, 4) is 0 Å². The minimum Gasteiger partial charge on any atom is -0.550 e. The first kappa shape index (κ1) is 24.0. The summed E-state index contributed by atoms with van der Waals surface area (Å²) in [6.45, 7) is 4.77. The number of carbonyl (C=O) groups excluding carboxylic acids is 2. The van der Waals surface area contributed by atoms with Gasteiger partial charge < -0.3 is 20.1 Å². The second-order valence-corrected chi connectivity index (χ2v) is 7.76. The van der Waals surface area contributed by atoms with Gasteiger partial charge in [0.15, 0.2) is 0 Å². The topological polar surface area (TPSA) is 85.4 Å². The van der Waals surface area contributed by atoms with Gasteiger partial charge in [-0.3, -0.25) is 4.79 Å². The van der Waals surface area contributed by atoms with Crippen LogP contribution >= 0.6 is 0 Å². The minimum absolute atomic E-state index is 0. The first-order chi connectivity index (χ1) is 13.1. The zero-order valence-electron chi connectivity index (χ0n) is 16.7. The summed E-state index contributed by atoms with van der Waals surface area (Å²) in [7, 11) is 0. The molecule has 10 heteroatoms. The number of nitrogens with zero attached hydrogens (tertiary/aromatic N) is 2. The summed E-state index contributed by atoms with van der Waals surface area (Å²) in [5.41, 5.74) is -0.787. The van der Waals surface area contributed by atoms with Gasteiger partial charge in [0.1, 0.15) is 5.82 Å². The zero-order chi connectivity index (χ0) is 20.6. The molecule has 4 atom stereocenters. The van der Waals surface area contributed by atoms with E-state index < -0.39 is 29.5 Å². The van der Waals surface area contributed by atoms with Gasteiger partial charge in [0.2, 0.25) is 5.91 Å². The van der Waals surface area contributed by atoms with Gasteiger partial charge in [-0.1, -0.05) is 13.8 Å². The summed E-state index contributed by atoms with van der Waals surface area (Å²) in [4.78, 5) is 29.5. The van der Waals surface area contributed by atoms with E-state index in [2.05, 4.69) is 10.3 Å². The molecule has 1 aromatic rings. The van der Waals surface area contributed by atoms with Gasteiger partial charge in [-0.2, -0.15) is 13.2 Å². The fourth-order valence-electron chi connectivity index (χ4n) is 4.22. The Bertz CT molecular complexity index is 736. The number of pyridine rings is 1. The van der Waals surface area contributed by atoms with Gasteiger partial charge in [-0.05, 0) is 36.8 Å². The number of halogens is 3. The number of piperidine rings is 1. The van der Waals surface area contributed by atoms with Crippen LogP contribution in [0.5, 0.6) is 0 Å². The van der Waals surface area contributed by atoms with Crippen LogP contribution in [0, 0.1) is 23.7 Å². The number of carbonyl (C=O) groups is 2. The predicted molar refractivity (Wildman–Crippen MR) is 92.9 cm³/mol. The quantitative estimate of drug-likeness (QED) is 0.596. The van der Waals surface area contributed by atoms with E-state index in [1.807, 2.05) is 18.7 Å². The standard InChI is InChI=1S/C19H24F3N3O3.Na/c1-10-11(2)16(18(27)28)15(10)17(26)24-13-5-7-25(8-6-13)14-4-3-12(9-23-14)19(20,21)22;/h3-4,9-11,13,15-16H,5-8H2,1-2H3,(H,24,26)(H,27,28);/q;+1/p-1/t10?,11?,15-,16+;/m0./s1. The average Bonchev–Trinajstić information content (AvgIpc) is 2.64. The molecule has 0 radical (unpaired) electrons. The van der Waals surface area contributed by atoms with E-state index in [1.54, 1.807) is 0 Å². The first-order valence-corrected chi connectivity index (χ1v) is 9.39. The molecule has 0 spiro atoms. The van der Waals surface area contributed by atoms with E-state index in [0.717, 1.165) is 12.3 Å². The van der Waals surface area contributed by atoms with Crippen molar-refractivity contribution in [3.05, 3.63) is 23.9 Å². The molecule has 6 nitrogen and oxygen atoms in total. The third-order valence-corrected chi connectivity index (χ3v) is 6.16. The monoisotopic (exact) mass is 421 g/mol. The number of aromatic nitrogens is 1. The maximum Gasteiger partial charge on any atom is 1.00 e. The number of hydrogen-bond donors (Lipinski definition) is 1. The summed E-state index contributed by atoms with van der Waals surface area (Å²) in [5.74, 6) is -2.41. The molecule has 29 heavy (non-hydrogen) atoms. The van der Waals surface area contributed by atoms with Crippen LogP contribution < -0.4 is 44.9 Å². The molecule has 0 bridgehead atoms. The van der Waals surface area contributed by atoms with Crippen molar-refractivity contribution in [1.29, 1.82) is 0 Å². The number of anilines is 1. The Labute approximate surface area is 189 Å². The molecular formula is C19H23F3N3NaO3. The predicted octanol–water partition coefficient (Wildman–Crippen LogP) is -1.54. The number of amides is 1. The molecule has 154 valence electrons. The molecular weight excluding hydrogens is 398 g/mol. The van der Waals surface area contributed by atoms with Crippen LogP contribution in [0.4, 0.5) is 19.0 Å². The number of rotatable bonds is 4. The van der Waals surface area contributed by atoms with Crippen LogP contribution in [0.25, 0.3) is 0 Å². The van der Waals surface area contributed by atoms with Crippen LogP contribution in [0.1, 0.15) is 32.3 Å². The molecule has 2 unspecified atom stereocenters. The zero-order valence-corrected chi connectivity index (χ0v) is 18.7. The van der Waals surface area contributed by atoms with Crippen molar-refractivity contribution >= 4 is 17.7 Å². The summed E-state index contributed by atoms with van der Waals surface area (Å²) in [5, 5.41) is 14.2. The number of aliphatic carboxylic acids is 1. The van der Waals surface area contributed by atoms with Crippen molar-refractivity contribution in [2.75, 3.05) is 18.0 Å². The van der Waals surface area contributed by atoms with Crippen LogP contribution in [0.3, 0.4) is 0 Å². The largest absolute Gasteiger partial charge is 1.00 e. The molecule has 1 aliphatic carbocycles. The smallest absolute Gasteiger partial charge is 0.550 e. The van der Waals surface area contributed by atoms with Crippen molar-refractivity contribution < 1.29 is 57.4 Å². The van der Waals surface area contributed by atoms with Gasteiger partial charge in [0, 0.05) is 43.1 Å². The second-order valence-electron chi connectivity index (χ2n) is 7.76. The van der Waals surface area contributed by atoms with Crippen LogP contribution in [0.2, 0.25) is 0 Å². The molecule has 0 aromatic carbocycles. The third-order valence-electron chi connectivity index (χ3n) is 6.16. The van der Waals surface area contributed by atoms with E-state index in [4.69, 9.17) is 0 Å². The molecule has 1 amide bonds. The Kier molecular flexibility index (Phi) is 7.62. The normalized spacial score (nSPS) is 27.6. The van der Waals surface area contributed by atoms with E-state index in [0.29, 0.717) is 31.7 Å². The van der Waals surface area contributed by atoms with Crippen LogP contribution in [0.15, 0.2) is 18.3 Å². The Hall–Kier alpha value is -1.32. The van der Waals surface area contributed by atoms with Gasteiger partial charge in [-0.25, -0.2) is 4.98 Å². The molecule has 1 N–H and O–H groups in total. The third kappa shape index (κ3) is 5.06. The molecule has 2 heterocycles. The maximum absolute atomic E-state index is 12.6. The Morgan fingerprint density at radius 1 is 1.14 bits per heavy atom. The van der Waals surface area contributed by atoms with E-state index >= 15 is 0 Å². The summed E-state index contributed by atoms with van der Waals surface area (Å²) < 4.78 is 37.9. The number of carboxylic acids is 1. The molecule has 2 fully saturated rings. The molecule has 1 aromatic heterocycles. The summed E-state index contributed by atoms with van der Waals surface area (Å²) >= 11 is 0. The van der Waals surface area contributed by atoms with Crippen molar-refractivity contribution in [2.45, 2.75) is 38.9 Å². The molecule has 1 aliphatic heterocycles. The van der Waals surface area contributed by atoms with Crippen molar-refractivity contribution in [1.82, 2.24) is 10.3 Å². The molecule has 2 aliphatic rings. The van der Waals surface area contributed by atoms with Crippen molar-refractivity contribution in [3.63, 3.8) is 0 Å². The van der Waals surface area contributed by atoms with Gasteiger partial charge in [-0.15, -0.1) is 0 Å². The number of carboxylic acid groups (broad SMARTS) is 1. The number of hydrogen-bond acceptors (Lipinski definition) is 5. The Balaban J connectivity index is 0.00000300. The van der Waals surface area contributed by atoms with Crippen LogP contribution in [-0.4, -0.2) is 36.0 Å². The van der Waals surface area contributed by atoms with Gasteiger partial charge in [0.05, 0.1) is 5.56 Å².